The number of nitrogens with zero attached hydrogens (tertiary/aromatic N) is 2. The van der Waals surface area contributed by atoms with Crippen molar-refractivity contribution in [3.8, 4) is 0 Å². The Morgan fingerprint density at radius 2 is 1.90 bits per heavy atom. The standard InChI is InChI=1S/C16H18N4S/c1-10-8-9-14(21-10)11(2)18-15-12-6-4-5-7-13(12)19-16(17-3)20-15/h4-9,11H,1-3H3,(H2,17,18,19,20). The van der Waals surface area contributed by atoms with Crippen LogP contribution in [0.1, 0.15) is 22.7 Å². The molecule has 3 rings (SSSR count). The van der Waals surface area contributed by atoms with Crippen LogP contribution in [0.3, 0.4) is 0 Å². The first-order chi connectivity index (χ1) is 10.2. The predicted octanol–water partition coefficient (Wildman–Crippen LogP) is 4.21. The lowest BCUT2D eigenvalue weighted by molar-refractivity contribution is 0.898. The van der Waals surface area contributed by atoms with Crippen LogP contribution in [0.25, 0.3) is 10.9 Å². The highest BCUT2D eigenvalue weighted by Crippen LogP contribution is 2.28. The normalized spacial score (nSPS) is 12.3. The molecule has 0 bridgehead atoms. The van der Waals surface area contributed by atoms with E-state index in [0.29, 0.717) is 5.95 Å². The second kappa shape index (κ2) is 5.69. The number of hydrogen-bond acceptors (Lipinski definition) is 5. The summed E-state index contributed by atoms with van der Waals surface area (Å²) < 4.78 is 0. The van der Waals surface area contributed by atoms with E-state index in [1.165, 1.54) is 9.75 Å². The Hall–Kier alpha value is -2.14. The van der Waals surface area contributed by atoms with Gasteiger partial charge >= 0.3 is 0 Å². The molecule has 0 saturated carbocycles. The van der Waals surface area contributed by atoms with E-state index < -0.39 is 0 Å². The summed E-state index contributed by atoms with van der Waals surface area (Å²) in [5.41, 5.74) is 0.939. The summed E-state index contributed by atoms with van der Waals surface area (Å²) in [4.78, 5) is 11.7. The molecule has 2 heterocycles. The van der Waals surface area contributed by atoms with E-state index in [4.69, 9.17) is 0 Å². The molecule has 2 N–H and O–H groups in total. The van der Waals surface area contributed by atoms with Crippen LogP contribution in [0.2, 0.25) is 0 Å². The van der Waals surface area contributed by atoms with E-state index in [0.717, 1.165) is 16.7 Å². The van der Waals surface area contributed by atoms with E-state index in [9.17, 15) is 0 Å². The van der Waals surface area contributed by atoms with Crippen LogP contribution in [-0.2, 0) is 0 Å². The van der Waals surface area contributed by atoms with E-state index in [1.54, 1.807) is 0 Å². The van der Waals surface area contributed by atoms with Crippen molar-refractivity contribution in [1.82, 2.24) is 9.97 Å². The lowest BCUT2D eigenvalue weighted by Crippen LogP contribution is -2.09. The van der Waals surface area contributed by atoms with Gasteiger partial charge < -0.3 is 10.6 Å². The number of anilines is 2. The van der Waals surface area contributed by atoms with Crippen molar-refractivity contribution in [2.24, 2.45) is 0 Å². The van der Waals surface area contributed by atoms with Crippen LogP contribution >= 0.6 is 11.3 Å². The molecule has 1 atom stereocenters. The third-order valence-electron chi connectivity index (χ3n) is 3.37. The van der Waals surface area contributed by atoms with Gasteiger partial charge in [-0.05, 0) is 38.1 Å². The fourth-order valence-corrected chi connectivity index (χ4v) is 3.14. The number of thiophene rings is 1. The molecule has 0 spiro atoms. The first-order valence-electron chi connectivity index (χ1n) is 6.95. The Morgan fingerprint density at radius 3 is 2.62 bits per heavy atom. The van der Waals surface area contributed by atoms with E-state index in [2.05, 4.69) is 46.6 Å². The van der Waals surface area contributed by atoms with Gasteiger partial charge in [-0.3, -0.25) is 0 Å². The second-order valence-corrected chi connectivity index (χ2v) is 6.30. The molecular weight excluding hydrogens is 280 g/mol. The van der Waals surface area contributed by atoms with Crippen molar-refractivity contribution < 1.29 is 0 Å². The van der Waals surface area contributed by atoms with E-state index in [-0.39, 0.29) is 6.04 Å². The zero-order chi connectivity index (χ0) is 14.8. The minimum atomic E-state index is 0.215. The molecule has 5 heteroatoms. The second-order valence-electron chi connectivity index (χ2n) is 4.98. The minimum Gasteiger partial charge on any atom is -0.362 e. The van der Waals surface area contributed by atoms with Gasteiger partial charge in [-0.25, -0.2) is 4.98 Å². The first kappa shape index (κ1) is 13.8. The molecule has 108 valence electrons. The SMILES string of the molecule is CNc1nc(NC(C)c2ccc(C)s2)c2ccccc2n1. The van der Waals surface area contributed by atoms with Crippen molar-refractivity contribution in [3.05, 3.63) is 46.2 Å². The molecule has 1 unspecified atom stereocenters. The summed E-state index contributed by atoms with van der Waals surface area (Å²) in [7, 11) is 1.83. The quantitative estimate of drug-likeness (QED) is 0.757. The average molecular weight is 298 g/mol. The van der Waals surface area contributed by atoms with Gasteiger partial charge in [-0.1, -0.05) is 12.1 Å². The van der Waals surface area contributed by atoms with Crippen LogP contribution in [0.4, 0.5) is 11.8 Å². The Morgan fingerprint density at radius 1 is 1.10 bits per heavy atom. The number of benzene rings is 1. The smallest absolute Gasteiger partial charge is 0.224 e. The highest BCUT2D eigenvalue weighted by Gasteiger charge is 2.12. The number of aromatic nitrogens is 2. The van der Waals surface area contributed by atoms with Crippen LogP contribution in [-0.4, -0.2) is 17.0 Å². The monoisotopic (exact) mass is 298 g/mol. The number of rotatable bonds is 4. The Balaban J connectivity index is 1.99. The number of aryl methyl sites for hydroxylation is 1. The molecule has 0 aliphatic heterocycles. The lowest BCUT2D eigenvalue weighted by Gasteiger charge is -2.15. The first-order valence-corrected chi connectivity index (χ1v) is 7.76. The minimum absolute atomic E-state index is 0.215. The molecule has 4 nitrogen and oxygen atoms in total. The zero-order valence-corrected chi connectivity index (χ0v) is 13.2. The van der Waals surface area contributed by atoms with Gasteiger partial charge in [0.05, 0.1) is 11.6 Å². The average Bonchev–Trinajstić information content (AvgIpc) is 2.93. The Kier molecular flexibility index (Phi) is 3.75. The molecule has 0 saturated heterocycles. The van der Waals surface area contributed by atoms with Gasteiger partial charge in [0.2, 0.25) is 5.95 Å². The zero-order valence-electron chi connectivity index (χ0n) is 12.3. The summed E-state index contributed by atoms with van der Waals surface area (Å²) in [6, 6.07) is 12.6. The van der Waals surface area contributed by atoms with Crippen molar-refractivity contribution in [2.45, 2.75) is 19.9 Å². The third kappa shape index (κ3) is 2.83. The van der Waals surface area contributed by atoms with Gasteiger partial charge in [-0.15, -0.1) is 11.3 Å². The molecule has 21 heavy (non-hydrogen) atoms. The van der Waals surface area contributed by atoms with E-state index >= 15 is 0 Å². The number of nitrogens with one attached hydrogen (secondary N) is 2. The highest BCUT2D eigenvalue weighted by atomic mass is 32.1. The maximum Gasteiger partial charge on any atom is 0.224 e. The van der Waals surface area contributed by atoms with Gasteiger partial charge in [0.25, 0.3) is 0 Å². The fraction of sp³-hybridized carbons (Fsp3) is 0.250. The van der Waals surface area contributed by atoms with Gasteiger partial charge in [0, 0.05) is 22.2 Å². The molecule has 0 aliphatic carbocycles. The summed E-state index contributed by atoms with van der Waals surface area (Å²) in [5, 5.41) is 7.56. The van der Waals surface area contributed by atoms with Crippen LogP contribution in [0, 0.1) is 6.92 Å². The molecule has 2 aromatic heterocycles. The highest BCUT2D eigenvalue weighted by molar-refractivity contribution is 7.12. The molecular formula is C16H18N4S. The largest absolute Gasteiger partial charge is 0.362 e. The molecule has 3 aromatic rings. The summed E-state index contributed by atoms with van der Waals surface area (Å²) in [5.74, 6) is 1.49. The number of para-hydroxylation sites is 1. The Labute approximate surface area is 128 Å². The maximum atomic E-state index is 4.56. The topological polar surface area (TPSA) is 49.8 Å². The van der Waals surface area contributed by atoms with Gasteiger partial charge in [-0.2, -0.15) is 4.98 Å². The van der Waals surface area contributed by atoms with Crippen molar-refractivity contribution in [1.29, 1.82) is 0 Å². The third-order valence-corrected chi connectivity index (χ3v) is 4.55. The van der Waals surface area contributed by atoms with Gasteiger partial charge in [0.15, 0.2) is 0 Å². The molecule has 1 aromatic carbocycles. The fourth-order valence-electron chi connectivity index (χ4n) is 2.26. The van der Waals surface area contributed by atoms with Crippen LogP contribution in [0.5, 0.6) is 0 Å². The Bertz CT molecular complexity index is 766. The molecule has 0 fully saturated rings. The van der Waals surface area contributed by atoms with Crippen LogP contribution < -0.4 is 10.6 Å². The van der Waals surface area contributed by atoms with Crippen LogP contribution in [0.15, 0.2) is 36.4 Å². The molecule has 0 amide bonds. The predicted molar refractivity (Wildman–Crippen MR) is 90.2 cm³/mol. The van der Waals surface area contributed by atoms with Crippen molar-refractivity contribution >= 4 is 34.0 Å². The van der Waals surface area contributed by atoms with Crippen molar-refractivity contribution in [3.63, 3.8) is 0 Å². The van der Waals surface area contributed by atoms with Gasteiger partial charge in [0.1, 0.15) is 5.82 Å². The molecule has 0 aliphatic rings. The summed E-state index contributed by atoms with van der Waals surface area (Å²) in [6.07, 6.45) is 0. The number of hydrogen-bond donors (Lipinski definition) is 2. The molecule has 0 radical (unpaired) electrons. The summed E-state index contributed by atoms with van der Waals surface area (Å²) >= 11 is 1.81. The van der Waals surface area contributed by atoms with Crippen molar-refractivity contribution in [2.75, 3.05) is 17.7 Å². The lowest BCUT2D eigenvalue weighted by atomic mass is 10.2. The maximum absolute atomic E-state index is 4.56. The summed E-state index contributed by atoms with van der Waals surface area (Å²) in [6.45, 7) is 4.28. The number of fused-ring (bicyclic) bond motifs is 1. The van der Waals surface area contributed by atoms with E-state index in [1.807, 2.05) is 42.6 Å².